The van der Waals surface area contributed by atoms with Crippen LogP contribution in [-0.2, 0) is 0 Å². The normalized spacial score (nSPS) is 14.2. The van der Waals surface area contributed by atoms with Gasteiger partial charge in [0, 0.05) is 49.4 Å². The molecule has 0 fully saturated rings. The molecule has 0 amide bonds. The zero-order chi connectivity index (χ0) is 5.66. The van der Waals surface area contributed by atoms with Gasteiger partial charge in [-0.3, -0.25) is 0 Å². The van der Waals surface area contributed by atoms with Gasteiger partial charge in [0.25, 0.3) is 0 Å². The fourth-order valence-corrected chi connectivity index (χ4v) is 0.513. The van der Waals surface area contributed by atoms with Gasteiger partial charge in [0.2, 0.25) is 0 Å². The van der Waals surface area contributed by atoms with Crippen molar-refractivity contribution in [1.82, 2.24) is 0 Å². The van der Waals surface area contributed by atoms with Crippen molar-refractivity contribution in [1.29, 1.82) is 0 Å². The van der Waals surface area contributed by atoms with Gasteiger partial charge in [0.1, 0.15) is 0 Å². The van der Waals surface area contributed by atoms with Gasteiger partial charge >= 0.3 is 0 Å². The van der Waals surface area contributed by atoms with E-state index in [-0.39, 0.29) is 49.4 Å². The minimum atomic E-state index is 0. The molecule has 0 spiro atoms. The van der Waals surface area contributed by atoms with E-state index < -0.39 is 0 Å². The van der Waals surface area contributed by atoms with Crippen LogP contribution in [0.4, 0.5) is 0 Å². The Morgan fingerprint density at radius 3 is 0.556 bits per heavy atom. The van der Waals surface area contributed by atoms with Gasteiger partial charge in [-0.25, -0.2) is 0 Å². The van der Waals surface area contributed by atoms with E-state index in [9.17, 15) is 0 Å². The van der Waals surface area contributed by atoms with E-state index in [4.69, 9.17) is 0 Å². The van der Waals surface area contributed by atoms with Gasteiger partial charge in [-0.15, -0.1) is 0 Å². The van der Waals surface area contributed by atoms with E-state index in [0.29, 0.717) is 0 Å². The molecule has 1 aliphatic carbocycles. The molecule has 0 heterocycles. The molecule has 9 heavy (non-hydrogen) atoms. The Bertz CT molecular complexity index is 105. The van der Waals surface area contributed by atoms with Crippen LogP contribution in [0.5, 0.6) is 0 Å². The summed E-state index contributed by atoms with van der Waals surface area (Å²) < 4.78 is 0. The van der Waals surface area contributed by atoms with Gasteiger partial charge in [0.05, 0.1) is 0 Å². The summed E-state index contributed by atoms with van der Waals surface area (Å²) in [5.74, 6) is 0. The number of rotatable bonds is 0. The Kier molecular flexibility index (Phi) is 7.06. The van der Waals surface area contributed by atoms with Gasteiger partial charge in [0.15, 0.2) is 0 Å². The van der Waals surface area contributed by atoms with E-state index in [1.54, 1.807) is 0 Å². The Morgan fingerprint density at radius 2 is 0.444 bits per heavy atom. The molecule has 0 saturated carbocycles. The zero-order valence-corrected chi connectivity index (χ0v) is 7.42. The summed E-state index contributed by atoms with van der Waals surface area (Å²) >= 11 is 0. The van der Waals surface area contributed by atoms with Gasteiger partial charge < -0.3 is 0 Å². The first-order valence-corrected chi connectivity index (χ1v) is 2.67. The van der Waals surface area contributed by atoms with Crippen LogP contribution in [0.2, 0.25) is 0 Å². The summed E-state index contributed by atoms with van der Waals surface area (Å²) in [4.78, 5) is 0. The Hall–Kier alpha value is 0.544. The van der Waals surface area contributed by atoms with Crippen LogP contribution < -0.4 is 0 Å². The second-order valence-electron chi connectivity index (χ2n) is 1.54. The van der Waals surface area contributed by atoms with Crippen LogP contribution in [0.25, 0.3) is 0 Å². The molecular formula is C8H8Eu. The Morgan fingerprint density at radius 1 is 0.333 bits per heavy atom. The summed E-state index contributed by atoms with van der Waals surface area (Å²) in [7, 11) is 0. The quantitative estimate of drug-likeness (QED) is 0.623. The van der Waals surface area contributed by atoms with Crippen LogP contribution in [-0.4, -0.2) is 0 Å². The van der Waals surface area contributed by atoms with Crippen LogP contribution in [0.15, 0.2) is 48.6 Å². The maximum absolute atomic E-state index is 2.00. The first-order valence-electron chi connectivity index (χ1n) is 2.67. The van der Waals surface area contributed by atoms with E-state index in [1.165, 1.54) is 0 Å². The van der Waals surface area contributed by atoms with Crippen LogP contribution in [0.3, 0.4) is 0 Å². The average molecular weight is 256 g/mol. The number of hydrogen-bond donors (Lipinski definition) is 0. The smallest absolute Gasteiger partial charge is 0 e. The van der Waals surface area contributed by atoms with Crippen molar-refractivity contribution in [2.75, 3.05) is 0 Å². The average Bonchev–Trinajstić information content (AvgIpc) is 1.62. The third-order valence-electron chi connectivity index (χ3n) is 0.889. The molecule has 1 radical (unpaired) electrons. The van der Waals surface area contributed by atoms with Crippen LogP contribution in [0, 0.1) is 49.4 Å². The molecule has 1 aliphatic rings. The fraction of sp³-hybridized carbons (Fsp3) is 0. The molecular weight excluding hydrogens is 248 g/mol. The molecule has 0 aromatic rings. The molecule has 0 atom stereocenters. The molecule has 0 aromatic carbocycles. The molecule has 1 heteroatoms. The van der Waals surface area contributed by atoms with Crippen molar-refractivity contribution in [3.05, 3.63) is 48.6 Å². The second kappa shape index (κ2) is 6.66. The Labute approximate surface area is 96.6 Å². The van der Waals surface area contributed by atoms with Gasteiger partial charge in [-0.05, 0) is 0 Å². The SMILES string of the molecule is C1=CC=CC=CC=C1.[Eu]. The molecule has 0 aliphatic heterocycles. The molecule has 47 valence electrons. The number of allylic oxidation sites excluding steroid dienone is 8. The van der Waals surface area contributed by atoms with E-state index in [0.717, 1.165) is 0 Å². The maximum atomic E-state index is 2.00. The molecule has 0 nitrogen and oxygen atoms in total. The van der Waals surface area contributed by atoms with Crippen molar-refractivity contribution < 1.29 is 49.4 Å². The minimum Gasteiger partial charge on any atom is -0.0623 e. The topological polar surface area (TPSA) is 0 Å². The molecule has 0 bridgehead atoms. The standard InChI is InChI=1S/C8H8.Eu/c1-2-4-6-8-7-5-3-1;/h1-8H;. The molecule has 1 rings (SSSR count). The predicted molar refractivity (Wildman–Crippen MR) is 36.6 cm³/mol. The minimum absolute atomic E-state index is 0. The molecule has 0 aromatic heterocycles. The van der Waals surface area contributed by atoms with Crippen molar-refractivity contribution in [2.24, 2.45) is 0 Å². The van der Waals surface area contributed by atoms with Crippen LogP contribution >= 0.6 is 0 Å². The third kappa shape index (κ3) is 5.01. The first kappa shape index (κ1) is 9.54. The summed E-state index contributed by atoms with van der Waals surface area (Å²) in [6, 6.07) is 0. The van der Waals surface area contributed by atoms with Crippen molar-refractivity contribution in [2.45, 2.75) is 0 Å². The van der Waals surface area contributed by atoms with Gasteiger partial charge in [-0.1, -0.05) is 48.6 Å². The largest absolute Gasteiger partial charge is 0.0623 e. The molecule has 0 N–H and O–H groups in total. The molecule has 0 saturated heterocycles. The summed E-state index contributed by atoms with van der Waals surface area (Å²) in [5, 5.41) is 0. The number of hydrogen-bond acceptors (Lipinski definition) is 0. The second-order valence-corrected chi connectivity index (χ2v) is 1.54. The fourth-order valence-electron chi connectivity index (χ4n) is 0.513. The Balaban J connectivity index is 0.000000640. The summed E-state index contributed by atoms with van der Waals surface area (Å²) in [6.07, 6.45) is 16.0. The monoisotopic (exact) mass is 257 g/mol. The van der Waals surface area contributed by atoms with E-state index >= 15 is 0 Å². The van der Waals surface area contributed by atoms with Crippen molar-refractivity contribution in [3.8, 4) is 0 Å². The van der Waals surface area contributed by atoms with Crippen LogP contribution in [0.1, 0.15) is 0 Å². The zero-order valence-electron chi connectivity index (χ0n) is 5.00. The summed E-state index contributed by atoms with van der Waals surface area (Å²) in [6.45, 7) is 0. The van der Waals surface area contributed by atoms with E-state index in [1.807, 2.05) is 48.6 Å². The first-order chi connectivity index (χ1) is 4.00. The van der Waals surface area contributed by atoms with Crippen molar-refractivity contribution in [3.63, 3.8) is 0 Å². The van der Waals surface area contributed by atoms with E-state index in [2.05, 4.69) is 0 Å². The summed E-state index contributed by atoms with van der Waals surface area (Å²) in [5.41, 5.74) is 0. The van der Waals surface area contributed by atoms with Crippen molar-refractivity contribution >= 4 is 0 Å². The third-order valence-corrected chi connectivity index (χ3v) is 0.889. The molecule has 0 unspecified atom stereocenters. The predicted octanol–water partition coefficient (Wildman–Crippen LogP) is 2.22. The maximum Gasteiger partial charge on any atom is 0 e. The van der Waals surface area contributed by atoms with Gasteiger partial charge in [-0.2, -0.15) is 0 Å².